The second-order valence-electron chi connectivity index (χ2n) is 13.0. The third kappa shape index (κ3) is 3.18. The van der Waals surface area contributed by atoms with Crippen molar-refractivity contribution in [1.29, 1.82) is 0 Å². The van der Waals surface area contributed by atoms with E-state index in [0.29, 0.717) is 42.1 Å². The highest BCUT2D eigenvalue weighted by Crippen LogP contribution is 2.78. The minimum Gasteiger partial charge on any atom is -0.373 e. The average Bonchev–Trinajstić information content (AvgIpc) is 2.77. The lowest BCUT2D eigenvalue weighted by Crippen LogP contribution is -2.70. The lowest BCUT2D eigenvalue weighted by atomic mass is 9.34. The van der Waals surface area contributed by atoms with Crippen molar-refractivity contribution in [2.24, 2.45) is 11.3 Å². The fourth-order valence-electron chi connectivity index (χ4n) is 8.08. The molecule has 0 N–H and O–H groups in total. The van der Waals surface area contributed by atoms with E-state index in [9.17, 15) is 18.0 Å². The van der Waals surface area contributed by atoms with Gasteiger partial charge in [-0.25, -0.2) is 19.9 Å². The van der Waals surface area contributed by atoms with Crippen LogP contribution in [0, 0.1) is 25.2 Å². The van der Waals surface area contributed by atoms with Gasteiger partial charge in [0, 0.05) is 35.7 Å². The SMILES string of the molecule is Cc1nc2nc([C@H]3CCO[C@@H](c4ccc(=O)n(C56CC(C5)C6)c4)C3)nc(C34CC(C(F)(F)F)(C3)C4)c2nc1C. The Morgan fingerprint density at radius 2 is 1.72 bits per heavy atom. The number of hydrogen-bond acceptors (Lipinski definition) is 6. The maximum atomic E-state index is 13.7. The van der Waals surface area contributed by atoms with E-state index in [0.717, 1.165) is 42.1 Å². The van der Waals surface area contributed by atoms with Crippen molar-refractivity contribution in [3.8, 4) is 0 Å². The number of nitrogens with zero attached hydrogens (tertiary/aromatic N) is 5. The molecule has 2 atom stereocenters. The molecule has 1 aliphatic heterocycles. The molecule has 6 saturated carbocycles. The molecule has 10 rings (SSSR count). The van der Waals surface area contributed by atoms with Crippen LogP contribution in [0.15, 0.2) is 23.1 Å². The molecule has 1 saturated heterocycles. The van der Waals surface area contributed by atoms with Crippen LogP contribution in [0.3, 0.4) is 0 Å². The van der Waals surface area contributed by atoms with Crippen LogP contribution >= 0.6 is 0 Å². The highest BCUT2D eigenvalue weighted by Gasteiger charge is 2.79. The molecule has 4 bridgehead atoms. The van der Waals surface area contributed by atoms with Crippen molar-refractivity contribution in [2.75, 3.05) is 6.61 Å². The molecule has 0 radical (unpaired) electrons. The van der Waals surface area contributed by atoms with Crippen molar-refractivity contribution < 1.29 is 17.9 Å². The Morgan fingerprint density at radius 1 is 1.00 bits per heavy atom. The van der Waals surface area contributed by atoms with Crippen molar-refractivity contribution in [2.45, 2.75) is 94.4 Å². The third-order valence-corrected chi connectivity index (χ3v) is 10.6. The van der Waals surface area contributed by atoms with E-state index < -0.39 is 17.0 Å². The van der Waals surface area contributed by atoms with Gasteiger partial charge in [0.1, 0.15) is 11.3 Å². The summed E-state index contributed by atoms with van der Waals surface area (Å²) in [6, 6.07) is 3.51. The topological polar surface area (TPSA) is 82.8 Å². The van der Waals surface area contributed by atoms with Crippen LogP contribution in [-0.2, 0) is 15.7 Å². The van der Waals surface area contributed by atoms with Crippen molar-refractivity contribution >= 4 is 11.2 Å². The number of aryl methyl sites for hydroxylation is 2. The van der Waals surface area contributed by atoms with Gasteiger partial charge in [0.25, 0.3) is 5.56 Å². The largest absolute Gasteiger partial charge is 0.394 e. The van der Waals surface area contributed by atoms with Crippen molar-refractivity contribution in [3.63, 3.8) is 0 Å². The van der Waals surface area contributed by atoms with Gasteiger partial charge < -0.3 is 9.30 Å². The van der Waals surface area contributed by atoms with E-state index in [1.165, 1.54) is 0 Å². The molecule has 7 fully saturated rings. The van der Waals surface area contributed by atoms with Crippen molar-refractivity contribution in [3.05, 3.63) is 57.2 Å². The highest BCUT2D eigenvalue weighted by atomic mass is 19.4. The van der Waals surface area contributed by atoms with E-state index in [1.54, 1.807) is 6.07 Å². The molecule has 3 aromatic heterocycles. The Morgan fingerprint density at radius 3 is 2.38 bits per heavy atom. The van der Waals surface area contributed by atoms with E-state index in [1.807, 2.05) is 30.7 Å². The summed E-state index contributed by atoms with van der Waals surface area (Å²) in [5, 5.41) is 0. The fourth-order valence-corrected chi connectivity index (χ4v) is 8.08. The zero-order chi connectivity index (χ0) is 26.9. The van der Waals surface area contributed by atoms with E-state index >= 15 is 0 Å². The number of fused-ring (bicyclic) bond motifs is 1. The predicted octanol–water partition coefficient (Wildman–Crippen LogP) is 5.33. The summed E-state index contributed by atoms with van der Waals surface area (Å²) in [4.78, 5) is 31.9. The summed E-state index contributed by atoms with van der Waals surface area (Å²) in [7, 11) is 0. The first-order valence-electron chi connectivity index (χ1n) is 13.9. The summed E-state index contributed by atoms with van der Waals surface area (Å²) in [6.45, 7) is 4.24. The average molecular weight is 538 g/mol. The molecular weight excluding hydrogens is 507 g/mol. The summed E-state index contributed by atoms with van der Waals surface area (Å²) < 4.78 is 49.1. The van der Waals surface area contributed by atoms with E-state index in [-0.39, 0.29) is 42.4 Å². The molecule has 4 heterocycles. The fraction of sp³-hybridized carbons (Fsp3) is 0.621. The molecule has 10 heteroatoms. The molecule has 0 aromatic carbocycles. The lowest BCUT2D eigenvalue weighted by molar-refractivity contribution is -0.337. The van der Waals surface area contributed by atoms with E-state index in [4.69, 9.17) is 19.7 Å². The zero-order valence-electron chi connectivity index (χ0n) is 22.0. The quantitative estimate of drug-likeness (QED) is 0.448. The number of halogens is 3. The Hall–Kier alpha value is -2.88. The molecule has 7 aliphatic rings. The van der Waals surface area contributed by atoms with Gasteiger partial charge in [0.2, 0.25) is 0 Å². The number of rotatable bonds is 4. The molecule has 7 nitrogen and oxygen atoms in total. The first kappa shape index (κ1) is 24.0. The van der Waals surface area contributed by atoms with Crippen LogP contribution in [0.2, 0.25) is 0 Å². The molecular formula is C29H30F3N5O2. The Bertz CT molecular complexity index is 1580. The van der Waals surface area contributed by atoms with Gasteiger partial charge in [0.15, 0.2) is 5.65 Å². The summed E-state index contributed by atoms with van der Waals surface area (Å²) in [5.74, 6) is 1.34. The predicted molar refractivity (Wildman–Crippen MR) is 135 cm³/mol. The van der Waals surface area contributed by atoms with Crippen molar-refractivity contribution in [1.82, 2.24) is 24.5 Å². The lowest BCUT2D eigenvalue weighted by Gasteiger charge is -2.70. The van der Waals surface area contributed by atoms with Crippen LogP contribution in [0.4, 0.5) is 13.2 Å². The molecule has 3 aromatic rings. The van der Waals surface area contributed by atoms with Gasteiger partial charge in [-0.05, 0) is 82.8 Å². The van der Waals surface area contributed by atoms with Gasteiger partial charge in [-0.15, -0.1) is 0 Å². The normalized spacial score (nSPS) is 36.5. The number of aromatic nitrogens is 5. The zero-order valence-corrected chi connectivity index (χ0v) is 22.0. The third-order valence-electron chi connectivity index (χ3n) is 10.6. The number of alkyl halides is 3. The summed E-state index contributed by atoms with van der Waals surface area (Å²) >= 11 is 0. The van der Waals surface area contributed by atoms with Crippen LogP contribution in [0.1, 0.15) is 91.9 Å². The molecule has 0 unspecified atom stereocenters. The molecule has 0 spiro atoms. The van der Waals surface area contributed by atoms with E-state index in [2.05, 4.69) is 4.98 Å². The summed E-state index contributed by atoms with van der Waals surface area (Å²) in [5.41, 5.74) is 1.93. The highest BCUT2D eigenvalue weighted by molar-refractivity contribution is 5.75. The monoisotopic (exact) mass is 537 g/mol. The van der Waals surface area contributed by atoms with Crippen LogP contribution in [0.25, 0.3) is 11.2 Å². The Kier molecular flexibility index (Phi) is 4.57. The molecule has 6 aliphatic carbocycles. The number of ether oxygens (including phenoxy) is 1. The Balaban J connectivity index is 1.14. The van der Waals surface area contributed by atoms with Gasteiger partial charge in [-0.1, -0.05) is 0 Å². The standard InChI is InChI=1S/C29H30F3N5O2/c1-15-16(2)34-25-22(33-15)23(26-12-27(13-26,14-26)29(30,31)32)35-24(36-25)18-5-6-39-20(7-18)19-3-4-21(38)37(11-19)28-8-17(9-28)10-28/h3-4,11,17-18,20H,5-10,12-14H2,1-2H3/t17?,18-,20+,26?,27?,28?/m0/s1. The molecule has 0 amide bonds. The van der Waals surface area contributed by atoms with Crippen LogP contribution in [0.5, 0.6) is 0 Å². The van der Waals surface area contributed by atoms with Crippen LogP contribution < -0.4 is 5.56 Å². The Labute approximate surface area is 223 Å². The smallest absolute Gasteiger partial charge is 0.373 e. The minimum absolute atomic E-state index is 0.00661. The maximum absolute atomic E-state index is 13.7. The summed E-state index contributed by atoms with van der Waals surface area (Å²) in [6.07, 6.45) is 2.34. The van der Waals surface area contributed by atoms with Gasteiger partial charge >= 0.3 is 6.18 Å². The second-order valence-corrected chi connectivity index (χ2v) is 13.0. The van der Waals surface area contributed by atoms with Gasteiger partial charge in [0.05, 0.1) is 28.6 Å². The van der Waals surface area contributed by atoms with Crippen LogP contribution in [-0.4, -0.2) is 37.3 Å². The van der Waals surface area contributed by atoms with Gasteiger partial charge in [-0.2, -0.15) is 13.2 Å². The molecule has 204 valence electrons. The maximum Gasteiger partial charge on any atom is 0.394 e. The number of hydrogen-bond donors (Lipinski definition) is 0. The first-order valence-corrected chi connectivity index (χ1v) is 13.9. The second kappa shape index (κ2) is 7.44. The molecule has 39 heavy (non-hydrogen) atoms. The van der Waals surface area contributed by atoms with Gasteiger partial charge in [-0.3, -0.25) is 4.79 Å². The minimum atomic E-state index is -4.19. The first-order chi connectivity index (χ1) is 18.5. The number of pyridine rings is 1.